The molecule has 0 unspecified atom stereocenters. The minimum Gasteiger partial charge on any atom is -0.478 e. The quantitative estimate of drug-likeness (QED) is 0.743. The maximum absolute atomic E-state index is 14.3. The second-order valence-corrected chi connectivity index (χ2v) is 7.16. The molecule has 2 aromatic rings. The van der Waals surface area contributed by atoms with Gasteiger partial charge < -0.3 is 5.11 Å². The van der Waals surface area contributed by atoms with Gasteiger partial charge in [0, 0.05) is 21.0 Å². The van der Waals surface area contributed by atoms with Gasteiger partial charge in [0.25, 0.3) is 5.91 Å². The molecule has 0 saturated carbocycles. The molecule has 1 heterocycles. The number of carbonyl (C=O) groups is 2. The van der Waals surface area contributed by atoms with Crippen molar-refractivity contribution < 1.29 is 23.5 Å². The van der Waals surface area contributed by atoms with Crippen LogP contribution in [-0.4, -0.2) is 17.0 Å². The summed E-state index contributed by atoms with van der Waals surface area (Å²) in [5, 5.41) is 8.94. The zero-order valence-corrected chi connectivity index (χ0v) is 14.9. The molecule has 1 aliphatic rings. The number of para-hydroxylation sites is 1. The first-order chi connectivity index (χ1) is 11.9. The number of fused-ring (bicyclic) bond motifs is 1. The van der Waals surface area contributed by atoms with Gasteiger partial charge in [-0.05, 0) is 24.3 Å². The van der Waals surface area contributed by atoms with Crippen molar-refractivity contribution in [2.75, 3.05) is 4.90 Å². The average molecular weight is 426 g/mol. The van der Waals surface area contributed by atoms with Crippen molar-refractivity contribution in [2.24, 2.45) is 0 Å². The van der Waals surface area contributed by atoms with Gasteiger partial charge in [-0.1, -0.05) is 39.8 Å². The van der Waals surface area contributed by atoms with E-state index in [-0.39, 0.29) is 22.7 Å². The number of carboxylic acids is 1. The first-order valence-corrected chi connectivity index (χ1v) is 8.64. The number of amides is 1. The monoisotopic (exact) mass is 425 g/mol. The molecule has 0 aromatic heterocycles. The van der Waals surface area contributed by atoms with Crippen molar-refractivity contribution in [2.45, 2.75) is 11.4 Å². The van der Waals surface area contributed by atoms with E-state index in [1.807, 2.05) is 0 Å². The zero-order chi connectivity index (χ0) is 18.1. The van der Waals surface area contributed by atoms with Crippen molar-refractivity contribution in [3.05, 3.63) is 69.0 Å². The lowest BCUT2D eigenvalue weighted by molar-refractivity contribution is -0.131. The number of aliphatic carboxylic acids is 1. The summed E-state index contributed by atoms with van der Waals surface area (Å²) >= 11 is 4.03. The number of rotatable bonds is 3. The summed E-state index contributed by atoms with van der Waals surface area (Å²) in [4.78, 5) is 25.0. The second-order valence-electron chi connectivity index (χ2n) is 5.16. The van der Waals surface area contributed by atoms with E-state index in [4.69, 9.17) is 5.11 Å². The predicted octanol–water partition coefficient (Wildman–Crippen LogP) is 4.33. The maximum Gasteiger partial charge on any atom is 0.329 e. The summed E-state index contributed by atoms with van der Waals surface area (Å²) in [5.74, 6) is -3.16. The van der Waals surface area contributed by atoms with Gasteiger partial charge in [0.15, 0.2) is 0 Å². The minimum absolute atomic E-state index is 0.0161. The fourth-order valence-corrected chi connectivity index (χ4v) is 3.79. The molecular formula is C17H10BrF2NO3S. The second kappa shape index (κ2) is 6.97. The van der Waals surface area contributed by atoms with Crippen LogP contribution in [0.25, 0.3) is 0 Å². The molecule has 0 saturated heterocycles. The van der Waals surface area contributed by atoms with Crippen LogP contribution >= 0.6 is 27.7 Å². The number of anilines is 1. The third kappa shape index (κ3) is 3.59. The smallest absolute Gasteiger partial charge is 0.329 e. The molecule has 2 aromatic carbocycles. The Morgan fingerprint density at radius 1 is 1.24 bits per heavy atom. The van der Waals surface area contributed by atoms with Gasteiger partial charge in [-0.25, -0.2) is 13.6 Å². The lowest BCUT2D eigenvalue weighted by Gasteiger charge is -2.30. The van der Waals surface area contributed by atoms with Gasteiger partial charge >= 0.3 is 5.97 Å². The Hall–Kier alpha value is -2.19. The molecule has 25 heavy (non-hydrogen) atoms. The average Bonchev–Trinajstić information content (AvgIpc) is 2.53. The lowest BCUT2D eigenvalue weighted by atomic mass is 10.1. The van der Waals surface area contributed by atoms with Crippen molar-refractivity contribution in [3.8, 4) is 0 Å². The van der Waals surface area contributed by atoms with Gasteiger partial charge in [0.1, 0.15) is 11.6 Å². The van der Waals surface area contributed by atoms with Crippen LogP contribution in [0.2, 0.25) is 0 Å². The fourth-order valence-electron chi connectivity index (χ4n) is 2.41. The Labute approximate surface area is 154 Å². The first kappa shape index (κ1) is 17.6. The van der Waals surface area contributed by atoms with Gasteiger partial charge in [-0.2, -0.15) is 0 Å². The third-order valence-electron chi connectivity index (χ3n) is 3.49. The zero-order valence-electron chi connectivity index (χ0n) is 12.5. The van der Waals surface area contributed by atoms with E-state index in [0.29, 0.717) is 9.37 Å². The lowest BCUT2D eigenvalue weighted by Crippen LogP contribution is -2.35. The molecule has 1 aliphatic heterocycles. The van der Waals surface area contributed by atoms with Gasteiger partial charge in [0.05, 0.1) is 17.1 Å². The summed E-state index contributed by atoms with van der Waals surface area (Å²) in [7, 11) is 0. The van der Waals surface area contributed by atoms with Crippen LogP contribution in [0.3, 0.4) is 0 Å². The molecular weight excluding hydrogens is 416 g/mol. The fraction of sp³-hybridized carbons (Fsp3) is 0.0588. The van der Waals surface area contributed by atoms with Crippen LogP contribution in [0.4, 0.5) is 14.5 Å². The number of carbonyl (C=O) groups excluding carboxylic acids is 1. The van der Waals surface area contributed by atoms with Crippen molar-refractivity contribution >= 4 is 45.3 Å². The molecule has 0 atom stereocenters. The van der Waals surface area contributed by atoms with Crippen molar-refractivity contribution in [3.63, 3.8) is 0 Å². The van der Waals surface area contributed by atoms with Gasteiger partial charge in [-0.3, -0.25) is 9.69 Å². The summed E-state index contributed by atoms with van der Waals surface area (Å²) in [6, 6.07) is 8.58. The van der Waals surface area contributed by atoms with Gasteiger partial charge in [-0.15, -0.1) is 0 Å². The van der Waals surface area contributed by atoms with E-state index >= 15 is 0 Å². The molecule has 128 valence electrons. The molecule has 0 bridgehead atoms. The van der Waals surface area contributed by atoms with Crippen molar-refractivity contribution in [1.82, 2.24) is 0 Å². The largest absolute Gasteiger partial charge is 0.478 e. The number of benzene rings is 2. The molecule has 8 heteroatoms. The van der Waals surface area contributed by atoms with Crippen LogP contribution in [0, 0.1) is 11.6 Å². The van der Waals surface area contributed by atoms with E-state index in [1.54, 1.807) is 12.1 Å². The summed E-state index contributed by atoms with van der Waals surface area (Å²) in [6.07, 6.45) is 0.770. The molecule has 0 aliphatic carbocycles. The van der Waals surface area contributed by atoms with E-state index in [1.165, 1.54) is 24.3 Å². The first-order valence-electron chi connectivity index (χ1n) is 7.03. The summed E-state index contributed by atoms with van der Waals surface area (Å²) in [6.45, 7) is -0.219. The highest BCUT2D eigenvalue weighted by atomic mass is 79.9. The maximum atomic E-state index is 14.3. The molecule has 0 fully saturated rings. The molecule has 0 spiro atoms. The highest BCUT2D eigenvalue weighted by molar-refractivity contribution is 9.10. The Morgan fingerprint density at radius 3 is 2.68 bits per heavy atom. The van der Waals surface area contributed by atoms with Crippen LogP contribution in [0.5, 0.6) is 0 Å². The van der Waals surface area contributed by atoms with Crippen LogP contribution in [-0.2, 0) is 16.1 Å². The van der Waals surface area contributed by atoms with E-state index < -0.39 is 23.5 Å². The van der Waals surface area contributed by atoms with E-state index in [2.05, 4.69) is 15.9 Å². The highest BCUT2D eigenvalue weighted by Gasteiger charge is 2.32. The minimum atomic E-state index is -1.29. The molecule has 3 rings (SSSR count). The Bertz CT molecular complexity index is 917. The molecule has 0 radical (unpaired) electrons. The predicted molar refractivity (Wildman–Crippen MR) is 93.3 cm³/mol. The number of halogens is 3. The standard InChI is InChI=1S/C17H10BrF2NO3S/c18-10-5-4-9(12(20)6-10)8-21-16-11(19)2-1-3-13(16)25-14(17(21)24)7-15(22)23/h1-7H,8H2,(H,22,23). The Kier molecular flexibility index (Phi) is 4.91. The number of nitrogens with zero attached hydrogens (tertiary/aromatic N) is 1. The molecule has 4 nitrogen and oxygen atoms in total. The molecule has 1 N–H and O–H groups in total. The van der Waals surface area contributed by atoms with Crippen LogP contribution < -0.4 is 4.90 Å². The number of hydrogen-bond donors (Lipinski definition) is 1. The number of carboxylic acid groups (broad SMARTS) is 1. The Balaban J connectivity index is 2.09. The van der Waals surface area contributed by atoms with Gasteiger partial charge in [0.2, 0.25) is 0 Å². The number of hydrogen-bond acceptors (Lipinski definition) is 3. The van der Waals surface area contributed by atoms with Crippen LogP contribution in [0.1, 0.15) is 5.56 Å². The SMILES string of the molecule is O=C(O)C=C1Sc2cccc(F)c2N(Cc2ccc(Br)cc2F)C1=O. The van der Waals surface area contributed by atoms with Crippen molar-refractivity contribution in [1.29, 1.82) is 0 Å². The number of thioether (sulfide) groups is 1. The normalized spacial score (nSPS) is 15.4. The molecule has 1 amide bonds. The third-order valence-corrected chi connectivity index (χ3v) is 5.05. The summed E-state index contributed by atoms with van der Waals surface area (Å²) < 4.78 is 29.0. The topological polar surface area (TPSA) is 57.6 Å². The highest BCUT2D eigenvalue weighted by Crippen LogP contribution is 2.43. The Morgan fingerprint density at radius 2 is 2.00 bits per heavy atom. The van der Waals surface area contributed by atoms with E-state index in [0.717, 1.165) is 22.7 Å². The van der Waals surface area contributed by atoms with E-state index in [9.17, 15) is 18.4 Å². The summed E-state index contributed by atoms with van der Waals surface area (Å²) in [5.41, 5.74) is 0.203. The van der Waals surface area contributed by atoms with Crippen LogP contribution in [0.15, 0.2) is 56.7 Å².